The van der Waals surface area contributed by atoms with E-state index in [9.17, 15) is 9.59 Å². The van der Waals surface area contributed by atoms with Crippen LogP contribution in [0.1, 0.15) is 60.8 Å². The van der Waals surface area contributed by atoms with E-state index in [2.05, 4.69) is 31.4 Å². The topological polar surface area (TPSA) is 103 Å². The first-order chi connectivity index (χ1) is 13.4. The quantitative estimate of drug-likeness (QED) is 0.499. The number of carbonyl (C=O) groups excluding carboxylic acids is 2. The van der Waals surface area contributed by atoms with Gasteiger partial charge in [0, 0.05) is 12.4 Å². The SMILES string of the molecule is CC(C)CC(N)C(=O)NCC(=O)NC[C@H](C)B1OC2CC3CC(C3(C)C)[C@@]2(C)O1.Cl. The summed E-state index contributed by atoms with van der Waals surface area (Å²) in [6, 6.07) is -0.582. The molecular weight excluding hydrogens is 405 g/mol. The summed E-state index contributed by atoms with van der Waals surface area (Å²) >= 11 is 0. The second-order valence-electron chi connectivity index (χ2n) is 10.6. The third kappa shape index (κ3) is 4.82. The van der Waals surface area contributed by atoms with Crippen molar-refractivity contribution < 1.29 is 18.9 Å². The van der Waals surface area contributed by atoms with E-state index in [0.717, 1.165) is 6.42 Å². The van der Waals surface area contributed by atoms with Gasteiger partial charge in [-0.15, -0.1) is 12.4 Å². The molecule has 0 aromatic carbocycles. The molecule has 172 valence electrons. The number of amides is 2. The molecule has 0 aromatic heterocycles. The van der Waals surface area contributed by atoms with Gasteiger partial charge in [-0.25, -0.2) is 0 Å². The van der Waals surface area contributed by atoms with Crippen LogP contribution in [0.25, 0.3) is 0 Å². The summed E-state index contributed by atoms with van der Waals surface area (Å²) in [5, 5.41) is 5.48. The molecule has 1 aliphatic heterocycles. The number of rotatable bonds is 8. The van der Waals surface area contributed by atoms with E-state index >= 15 is 0 Å². The fourth-order valence-electron chi connectivity index (χ4n) is 5.49. The number of halogens is 1. The Hall–Kier alpha value is -0.825. The molecule has 2 amide bonds. The molecule has 3 saturated carbocycles. The molecule has 4 aliphatic rings. The Bertz CT molecular complexity index is 650. The summed E-state index contributed by atoms with van der Waals surface area (Å²) in [6.07, 6.45) is 3.02. The van der Waals surface area contributed by atoms with Crippen molar-refractivity contribution >= 4 is 31.3 Å². The molecule has 30 heavy (non-hydrogen) atoms. The Balaban J connectivity index is 0.00000320. The van der Waals surface area contributed by atoms with Crippen LogP contribution >= 0.6 is 12.4 Å². The zero-order valence-corrected chi connectivity index (χ0v) is 20.0. The highest BCUT2D eigenvalue weighted by atomic mass is 35.5. The first-order valence-electron chi connectivity index (χ1n) is 11.1. The molecule has 9 heteroatoms. The van der Waals surface area contributed by atoms with Gasteiger partial charge in [0.1, 0.15) is 0 Å². The molecule has 0 radical (unpaired) electrons. The van der Waals surface area contributed by atoms with Crippen molar-refractivity contribution in [2.24, 2.45) is 28.9 Å². The molecular formula is C21H39BClN3O4. The summed E-state index contributed by atoms with van der Waals surface area (Å²) in [7, 11) is -0.311. The van der Waals surface area contributed by atoms with Crippen LogP contribution in [0.3, 0.4) is 0 Å². The van der Waals surface area contributed by atoms with Crippen molar-refractivity contribution in [2.45, 2.75) is 84.4 Å². The Kier molecular flexibility index (Phi) is 7.93. The summed E-state index contributed by atoms with van der Waals surface area (Å²) in [5.41, 5.74) is 5.92. The number of nitrogens with one attached hydrogen (secondary N) is 2. The molecule has 6 atom stereocenters. The minimum Gasteiger partial charge on any atom is -0.405 e. The predicted octanol–water partition coefficient (Wildman–Crippen LogP) is 2.13. The average Bonchev–Trinajstić information content (AvgIpc) is 3.00. The van der Waals surface area contributed by atoms with Crippen LogP contribution in [0, 0.1) is 23.2 Å². The maximum absolute atomic E-state index is 12.1. The monoisotopic (exact) mass is 443 g/mol. The van der Waals surface area contributed by atoms with Crippen molar-refractivity contribution in [1.29, 1.82) is 0 Å². The Morgan fingerprint density at radius 3 is 2.43 bits per heavy atom. The Morgan fingerprint density at radius 1 is 1.17 bits per heavy atom. The van der Waals surface area contributed by atoms with Crippen LogP contribution in [0.2, 0.25) is 5.82 Å². The average molecular weight is 444 g/mol. The van der Waals surface area contributed by atoms with Gasteiger partial charge in [0.05, 0.1) is 24.3 Å². The van der Waals surface area contributed by atoms with Gasteiger partial charge in [-0.3, -0.25) is 9.59 Å². The van der Waals surface area contributed by atoms with E-state index in [1.165, 1.54) is 6.42 Å². The lowest BCUT2D eigenvalue weighted by Gasteiger charge is -2.64. The zero-order chi connectivity index (χ0) is 21.6. The maximum atomic E-state index is 12.1. The fourth-order valence-corrected chi connectivity index (χ4v) is 5.49. The summed E-state index contributed by atoms with van der Waals surface area (Å²) < 4.78 is 12.7. The molecule has 4 unspecified atom stereocenters. The lowest BCUT2D eigenvalue weighted by molar-refractivity contribution is -0.199. The predicted molar refractivity (Wildman–Crippen MR) is 120 cm³/mol. The molecule has 1 saturated heterocycles. The van der Waals surface area contributed by atoms with E-state index in [0.29, 0.717) is 36.1 Å². The summed E-state index contributed by atoms with van der Waals surface area (Å²) in [5.74, 6) is 1.08. The molecule has 4 rings (SSSR count). The maximum Gasteiger partial charge on any atom is 0.462 e. The lowest BCUT2D eigenvalue weighted by Crippen LogP contribution is -2.65. The minimum atomic E-state index is -0.582. The molecule has 1 heterocycles. The molecule has 0 spiro atoms. The summed E-state index contributed by atoms with van der Waals surface area (Å²) in [6.45, 7) is 13.3. The normalized spacial score (nSPS) is 33.1. The molecule has 4 fully saturated rings. The highest BCUT2D eigenvalue weighted by molar-refractivity contribution is 6.47. The van der Waals surface area contributed by atoms with Crippen LogP contribution in [0.15, 0.2) is 0 Å². The largest absolute Gasteiger partial charge is 0.462 e. The standard InChI is InChI=1S/C21H38BN3O4.ClH/c1-12(2)7-15(23)19(27)25-11-18(26)24-10-13(3)22-28-17-9-14-8-16(20(14,4)5)21(17,6)29-22;/h12-17H,7-11,23H2,1-6H3,(H,24,26)(H,25,27);1H/t13-,14?,15?,16?,17?,21+;/m0./s1. The number of carbonyl (C=O) groups is 2. The highest BCUT2D eigenvalue weighted by Crippen LogP contribution is 2.66. The molecule has 2 bridgehead atoms. The van der Waals surface area contributed by atoms with Gasteiger partial charge in [-0.2, -0.15) is 0 Å². The van der Waals surface area contributed by atoms with Gasteiger partial charge in [-0.05, 0) is 49.4 Å². The molecule has 7 nitrogen and oxygen atoms in total. The molecule has 0 aromatic rings. The Morgan fingerprint density at radius 2 is 1.83 bits per heavy atom. The van der Waals surface area contributed by atoms with Crippen molar-refractivity contribution in [3.05, 3.63) is 0 Å². The number of hydrogen-bond donors (Lipinski definition) is 3. The molecule has 3 aliphatic carbocycles. The van der Waals surface area contributed by atoms with E-state index in [1.54, 1.807) is 0 Å². The van der Waals surface area contributed by atoms with Crippen LogP contribution in [0.4, 0.5) is 0 Å². The fraction of sp³-hybridized carbons (Fsp3) is 0.905. The third-order valence-electron chi connectivity index (χ3n) is 7.54. The van der Waals surface area contributed by atoms with Crippen LogP contribution in [-0.2, 0) is 18.9 Å². The number of nitrogens with two attached hydrogens (primary N) is 1. The molecule has 4 N–H and O–H groups in total. The van der Waals surface area contributed by atoms with Crippen molar-refractivity contribution in [1.82, 2.24) is 10.6 Å². The van der Waals surface area contributed by atoms with Crippen molar-refractivity contribution in [3.8, 4) is 0 Å². The van der Waals surface area contributed by atoms with Gasteiger partial charge >= 0.3 is 7.12 Å². The van der Waals surface area contributed by atoms with E-state index in [-0.39, 0.29) is 55.4 Å². The van der Waals surface area contributed by atoms with E-state index in [1.807, 2.05) is 20.8 Å². The van der Waals surface area contributed by atoms with Gasteiger partial charge in [-0.1, -0.05) is 34.6 Å². The van der Waals surface area contributed by atoms with E-state index < -0.39 is 6.04 Å². The smallest absolute Gasteiger partial charge is 0.405 e. The van der Waals surface area contributed by atoms with Crippen molar-refractivity contribution in [2.75, 3.05) is 13.1 Å². The summed E-state index contributed by atoms with van der Waals surface area (Å²) in [4.78, 5) is 24.1. The van der Waals surface area contributed by atoms with Gasteiger partial charge in [0.2, 0.25) is 11.8 Å². The van der Waals surface area contributed by atoms with Gasteiger partial charge in [0.25, 0.3) is 0 Å². The van der Waals surface area contributed by atoms with E-state index in [4.69, 9.17) is 15.0 Å². The van der Waals surface area contributed by atoms with Gasteiger partial charge < -0.3 is 25.7 Å². The first-order valence-corrected chi connectivity index (χ1v) is 11.1. The van der Waals surface area contributed by atoms with Crippen LogP contribution in [-0.4, -0.2) is 49.8 Å². The van der Waals surface area contributed by atoms with Gasteiger partial charge in [0.15, 0.2) is 0 Å². The highest BCUT2D eigenvalue weighted by Gasteiger charge is 2.68. The number of hydrogen-bond acceptors (Lipinski definition) is 5. The van der Waals surface area contributed by atoms with Crippen LogP contribution in [0.5, 0.6) is 0 Å². The van der Waals surface area contributed by atoms with Crippen LogP contribution < -0.4 is 16.4 Å². The Labute approximate surface area is 187 Å². The second kappa shape index (κ2) is 9.35. The first kappa shape index (κ1) is 25.4. The zero-order valence-electron chi connectivity index (χ0n) is 19.2. The van der Waals surface area contributed by atoms with Crippen molar-refractivity contribution in [3.63, 3.8) is 0 Å². The third-order valence-corrected chi connectivity index (χ3v) is 7.54. The minimum absolute atomic E-state index is 0. The second-order valence-corrected chi connectivity index (χ2v) is 10.6. The lowest BCUT2D eigenvalue weighted by atomic mass is 9.43.